The number of amides is 1. The first-order valence-corrected chi connectivity index (χ1v) is 7.89. The number of carbonyl (C=O) groups excluding carboxylic acids is 1. The van der Waals surface area contributed by atoms with E-state index >= 15 is 0 Å². The van der Waals surface area contributed by atoms with Crippen molar-refractivity contribution in [3.63, 3.8) is 0 Å². The largest absolute Gasteiger partial charge is 0.478 e. The molecule has 0 radical (unpaired) electrons. The Bertz CT molecular complexity index is 467. The summed E-state index contributed by atoms with van der Waals surface area (Å²) in [6.07, 6.45) is 5.86. The van der Waals surface area contributed by atoms with E-state index in [0.29, 0.717) is 11.8 Å². The van der Waals surface area contributed by atoms with Gasteiger partial charge >= 0.3 is 5.97 Å². The van der Waals surface area contributed by atoms with Crippen molar-refractivity contribution in [1.29, 1.82) is 0 Å². The van der Waals surface area contributed by atoms with Crippen molar-refractivity contribution in [3.05, 3.63) is 29.8 Å². The second-order valence-corrected chi connectivity index (χ2v) is 6.07. The van der Waals surface area contributed by atoms with Crippen LogP contribution in [0.25, 0.3) is 0 Å². The van der Waals surface area contributed by atoms with Gasteiger partial charge in [0.15, 0.2) is 0 Å². The average molecular weight is 293 g/mol. The molecule has 1 aromatic carbocycles. The van der Waals surface area contributed by atoms with Crippen molar-refractivity contribution in [2.24, 2.45) is 0 Å². The molecule has 0 bridgehead atoms. The summed E-state index contributed by atoms with van der Waals surface area (Å²) < 4.78 is 0. The van der Waals surface area contributed by atoms with Gasteiger partial charge in [-0.2, -0.15) is 0 Å². The topological polar surface area (TPSA) is 66.4 Å². The van der Waals surface area contributed by atoms with Gasteiger partial charge in [-0.3, -0.25) is 4.79 Å². The van der Waals surface area contributed by atoms with Crippen LogP contribution in [0.4, 0.5) is 0 Å². The molecule has 1 saturated carbocycles. The van der Waals surface area contributed by atoms with Crippen LogP contribution in [-0.2, 0) is 4.79 Å². The number of rotatable bonds is 5. The number of carbonyl (C=O) groups is 2. The quantitative estimate of drug-likeness (QED) is 0.819. The summed E-state index contributed by atoms with van der Waals surface area (Å²) >= 11 is 1.43. The fraction of sp³-hybridized carbons (Fsp3) is 0.467. The lowest BCUT2D eigenvalue weighted by Gasteiger charge is -2.22. The van der Waals surface area contributed by atoms with Gasteiger partial charge in [0.1, 0.15) is 0 Å². The van der Waals surface area contributed by atoms with Crippen LogP contribution >= 0.6 is 11.8 Å². The first-order valence-electron chi connectivity index (χ1n) is 6.90. The Morgan fingerprint density at radius 2 is 1.80 bits per heavy atom. The monoisotopic (exact) mass is 293 g/mol. The first-order chi connectivity index (χ1) is 9.65. The second kappa shape index (κ2) is 7.33. The van der Waals surface area contributed by atoms with Crippen molar-refractivity contribution >= 4 is 23.6 Å². The number of carboxylic acid groups (broad SMARTS) is 1. The zero-order chi connectivity index (χ0) is 14.4. The zero-order valence-corrected chi connectivity index (χ0v) is 12.1. The minimum absolute atomic E-state index is 0.0595. The summed E-state index contributed by atoms with van der Waals surface area (Å²) in [5.74, 6) is -0.496. The van der Waals surface area contributed by atoms with Gasteiger partial charge in [-0.05, 0) is 37.1 Å². The predicted molar refractivity (Wildman–Crippen MR) is 79.1 cm³/mol. The van der Waals surface area contributed by atoms with E-state index in [2.05, 4.69) is 5.32 Å². The Morgan fingerprint density at radius 3 is 2.40 bits per heavy atom. The second-order valence-electron chi connectivity index (χ2n) is 5.02. The van der Waals surface area contributed by atoms with Crippen LogP contribution in [-0.4, -0.2) is 28.8 Å². The minimum Gasteiger partial charge on any atom is -0.478 e. The highest BCUT2D eigenvalue weighted by atomic mass is 32.2. The van der Waals surface area contributed by atoms with E-state index < -0.39 is 5.97 Å². The predicted octanol–water partition coefficient (Wildman–Crippen LogP) is 2.93. The number of nitrogens with one attached hydrogen (secondary N) is 1. The molecule has 0 heterocycles. The molecule has 1 aliphatic carbocycles. The fourth-order valence-corrected chi connectivity index (χ4v) is 3.07. The van der Waals surface area contributed by atoms with E-state index in [9.17, 15) is 9.59 Å². The van der Waals surface area contributed by atoms with Crippen LogP contribution < -0.4 is 5.32 Å². The normalized spacial score (nSPS) is 15.8. The molecule has 0 aromatic heterocycles. The van der Waals surface area contributed by atoms with Gasteiger partial charge in [-0.15, -0.1) is 11.8 Å². The number of aromatic carboxylic acids is 1. The molecule has 0 aliphatic heterocycles. The maximum absolute atomic E-state index is 11.8. The molecule has 2 rings (SSSR count). The van der Waals surface area contributed by atoms with E-state index in [-0.39, 0.29) is 11.5 Å². The van der Waals surface area contributed by atoms with E-state index in [4.69, 9.17) is 5.11 Å². The Labute approximate surface area is 123 Å². The Hall–Kier alpha value is -1.49. The molecule has 1 amide bonds. The van der Waals surface area contributed by atoms with Crippen molar-refractivity contribution in [3.8, 4) is 0 Å². The van der Waals surface area contributed by atoms with E-state index in [1.54, 1.807) is 24.3 Å². The van der Waals surface area contributed by atoms with Crippen LogP contribution in [0.2, 0.25) is 0 Å². The minimum atomic E-state index is -0.934. The van der Waals surface area contributed by atoms with Crippen LogP contribution in [0.3, 0.4) is 0 Å². The summed E-state index contributed by atoms with van der Waals surface area (Å²) in [7, 11) is 0. The van der Waals surface area contributed by atoms with Crippen LogP contribution in [0.15, 0.2) is 29.2 Å². The standard InChI is InChI=1S/C15H19NO3S/c17-14(16-12-4-2-1-3-5-12)10-20-13-8-6-11(7-9-13)15(18)19/h6-9,12H,1-5,10H2,(H,16,17)(H,18,19). The van der Waals surface area contributed by atoms with Crippen molar-refractivity contribution in [1.82, 2.24) is 5.32 Å². The summed E-state index contributed by atoms with van der Waals surface area (Å²) in [6.45, 7) is 0. The molecule has 0 saturated heterocycles. The van der Waals surface area contributed by atoms with Gasteiger partial charge in [-0.1, -0.05) is 19.3 Å². The molecular formula is C15H19NO3S. The number of carboxylic acids is 1. The molecule has 1 fully saturated rings. The third-order valence-electron chi connectivity index (χ3n) is 3.44. The van der Waals surface area contributed by atoms with Crippen molar-refractivity contribution in [2.75, 3.05) is 5.75 Å². The lowest BCUT2D eigenvalue weighted by molar-refractivity contribution is -0.119. The van der Waals surface area contributed by atoms with E-state index in [1.807, 2.05) is 0 Å². The van der Waals surface area contributed by atoms with E-state index in [1.165, 1.54) is 31.0 Å². The van der Waals surface area contributed by atoms with E-state index in [0.717, 1.165) is 17.7 Å². The fourth-order valence-electron chi connectivity index (χ4n) is 2.36. The van der Waals surface area contributed by atoms with Crippen molar-refractivity contribution in [2.45, 2.75) is 43.0 Å². The first kappa shape index (κ1) is 14.9. The molecular weight excluding hydrogens is 274 g/mol. The Kier molecular flexibility index (Phi) is 5.47. The molecule has 20 heavy (non-hydrogen) atoms. The van der Waals surface area contributed by atoms with Gasteiger partial charge in [-0.25, -0.2) is 4.79 Å². The summed E-state index contributed by atoms with van der Waals surface area (Å²) in [6, 6.07) is 6.93. The van der Waals surface area contributed by atoms with Gasteiger partial charge in [0.2, 0.25) is 5.91 Å². The average Bonchev–Trinajstić information content (AvgIpc) is 2.46. The number of benzene rings is 1. The molecule has 4 nitrogen and oxygen atoms in total. The van der Waals surface area contributed by atoms with Gasteiger partial charge in [0.05, 0.1) is 11.3 Å². The smallest absolute Gasteiger partial charge is 0.335 e. The number of hydrogen-bond acceptors (Lipinski definition) is 3. The Balaban J connectivity index is 1.76. The van der Waals surface area contributed by atoms with Crippen molar-refractivity contribution < 1.29 is 14.7 Å². The highest BCUT2D eigenvalue weighted by molar-refractivity contribution is 8.00. The zero-order valence-electron chi connectivity index (χ0n) is 11.3. The number of thioether (sulfide) groups is 1. The highest BCUT2D eigenvalue weighted by Gasteiger charge is 2.15. The summed E-state index contributed by atoms with van der Waals surface area (Å²) in [5.41, 5.74) is 0.265. The lowest BCUT2D eigenvalue weighted by atomic mass is 9.95. The van der Waals surface area contributed by atoms with Gasteiger partial charge < -0.3 is 10.4 Å². The molecule has 1 aromatic rings. The molecule has 108 valence electrons. The molecule has 0 spiro atoms. The molecule has 2 N–H and O–H groups in total. The third kappa shape index (κ3) is 4.56. The molecule has 0 atom stereocenters. The van der Waals surface area contributed by atoms with Gasteiger partial charge in [0, 0.05) is 10.9 Å². The molecule has 5 heteroatoms. The summed E-state index contributed by atoms with van der Waals surface area (Å²) in [5, 5.41) is 11.9. The number of hydrogen-bond donors (Lipinski definition) is 2. The SMILES string of the molecule is O=C(CSc1ccc(C(=O)O)cc1)NC1CCCCC1. The van der Waals surface area contributed by atoms with Crippen LogP contribution in [0.1, 0.15) is 42.5 Å². The lowest BCUT2D eigenvalue weighted by Crippen LogP contribution is -2.37. The maximum Gasteiger partial charge on any atom is 0.335 e. The Morgan fingerprint density at radius 1 is 1.15 bits per heavy atom. The maximum atomic E-state index is 11.8. The highest BCUT2D eigenvalue weighted by Crippen LogP contribution is 2.20. The van der Waals surface area contributed by atoms with Crippen LogP contribution in [0, 0.1) is 0 Å². The molecule has 1 aliphatic rings. The van der Waals surface area contributed by atoms with Crippen LogP contribution in [0.5, 0.6) is 0 Å². The molecule has 0 unspecified atom stereocenters. The third-order valence-corrected chi connectivity index (χ3v) is 4.45. The van der Waals surface area contributed by atoms with Gasteiger partial charge in [0.25, 0.3) is 0 Å². The summed E-state index contributed by atoms with van der Waals surface area (Å²) in [4.78, 5) is 23.5.